The zero-order valence-electron chi connectivity index (χ0n) is 28.1. The minimum Gasteiger partial charge on any atom is -0.494 e. The summed E-state index contributed by atoms with van der Waals surface area (Å²) in [5.74, 6) is -5.35. The molecule has 2 aromatic heterocycles. The molecule has 0 unspecified atom stereocenters. The van der Waals surface area contributed by atoms with Gasteiger partial charge in [-0.2, -0.15) is 0 Å². The van der Waals surface area contributed by atoms with Crippen LogP contribution in [0.2, 0.25) is 0 Å². The first-order valence-electron chi connectivity index (χ1n) is 15.2. The van der Waals surface area contributed by atoms with Crippen LogP contribution in [-0.2, 0) is 4.74 Å². The molecule has 0 radical (unpaired) electrons. The number of aromatic nitrogens is 1. The smallest absolute Gasteiger partial charge is 0.414 e. The van der Waals surface area contributed by atoms with Gasteiger partial charge in [-0.05, 0) is 46.0 Å². The van der Waals surface area contributed by atoms with Gasteiger partial charge in [-0.3, -0.25) is 19.8 Å². The van der Waals surface area contributed by atoms with E-state index in [-0.39, 0.29) is 33.8 Å². The number of anilines is 4. The molecule has 49 heavy (non-hydrogen) atoms. The summed E-state index contributed by atoms with van der Waals surface area (Å²) in [4.78, 5) is 48.3. The van der Waals surface area contributed by atoms with Crippen molar-refractivity contribution in [2.45, 2.75) is 26.4 Å². The van der Waals surface area contributed by atoms with Gasteiger partial charge in [0.2, 0.25) is 5.78 Å². The van der Waals surface area contributed by atoms with Crippen LogP contribution in [0.5, 0.6) is 11.5 Å². The van der Waals surface area contributed by atoms with Crippen LogP contribution in [-0.4, -0.2) is 86.8 Å². The summed E-state index contributed by atoms with van der Waals surface area (Å²) in [7, 11) is 5.58. The number of fused-ring (bicyclic) bond motifs is 1. The number of ketones is 1. The fraction of sp³-hybridized carbons (Fsp3) is 0.364. The molecule has 1 amide bonds. The monoisotopic (exact) mass is 682 g/mol. The second kappa shape index (κ2) is 13.5. The molecular weight excluding hydrogens is 646 g/mol. The number of furan rings is 1. The Morgan fingerprint density at radius 1 is 1.04 bits per heavy atom. The van der Waals surface area contributed by atoms with Crippen molar-refractivity contribution in [3.8, 4) is 11.5 Å². The van der Waals surface area contributed by atoms with Crippen LogP contribution in [0, 0.1) is 21.7 Å². The number of rotatable bonds is 9. The number of carbonyl (C=O) groups excluding carboxylic acids is 2. The Morgan fingerprint density at radius 2 is 1.67 bits per heavy atom. The molecule has 14 nitrogen and oxygen atoms in total. The lowest BCUT2D eigenvalue weighted by Crippen LogP contribution is -2.44. The maximum Gasteiger partial charge on any atom is 0.414 e. The van der Waals surface area contributed by atoms with Crippen LogP contribution in [0.1, 0.15) is 36.9 Å². The number of amides is 1. The van der Waals surface area contributed by atoms with Crippen molar-refractivity contribution in [3.05, 3.63) is 69.6 Å². The van der Waals surface area contributed by atoms with Crippen LogP contribution in [0.25, 0.3) is 11.0 Å². The minimum absolute atomic E-state index is 0.0325. The Hall–Kier alpha value is -5.51. The quantitative estimate of drug-likeness (QED) is 0.123. The van der Waals surface area contributed by atoms with E-state index in [2.05, 4.69) is 20.1 Å². The number of nitro groups is 1. The highest BCUT2D eigenvalue weighted by Crippen LogP contribution is 2.40. The predicted octanol–water partition coefficient (Wildman–Crippen LogP) is 6.13. The first-order valence-corrected chi connectivity index (χ1v) is 15.2. The van der Waals surface area contributed by atoms with E-state index in [1.807, 2.05) is 7.05 Å². The zero-order valence-corrected chi connectivity index (χ0v) is 28.1. The summed E-state index contributed by atoms with van der Waals surface area (Å²) in [5, 5.41) is 15.2. The number of hydrogen-bond acceptors (Lipinski definition) is 12. The van der Waals surface area contributed by atoms with Crippen LogP contribution >= 0.6 is 0 Å². The number of carbonyl (C=O) groups is 2. The number of nitrogens with one attached hydrogen (secondary N) is 1. The van der Waals surface area contributed by atoms with Crippen molar-refractivity contribution < 1.29 is 41.9 Å². The first kappa shape index (κ1) is 34.8. The lowest BCUT2D eigenvalue weighted by Gasteiger charge is -2.34. The summed E-state index contributed by atoms with van der Waals surface area (Å²) in [6.07, 6.45) is 0.305. The lowest BCUT2D eigenvalue weighted by molar-refractivity contribution is -0.383. The fourth-order valence-corrected chi connectivity index (χ4v) is 5.34. The van der Waals surface area contributed by atoms with Gasteiger partial charge in [0.25, 0.3) is 5.69 Å². The number of ether oxygens (including phenoxy) is 3. The normalized spacial score (nSPS) is 13.7. The lowest BCUT2D eigenvalue weighted by atomic mass is 10.0. The van der Waals surface area contributed by atoms with Crippen LogP contribution in [0.4, 0.5) is 42.1 Å². The third-order valence-corrected chi connectivity index (χ3v) is 7.87. The Labute approximate surface area is 280 Å². The van der Waals surface area contributed by atoms with E-state index in [9.17, 15) is 19.7 Å². The molecule has 1 N–H and O–H groups in total. The third kappa shape index (κ3) is 7.04. The topological polar surface area (TPSA) is 153 Å². The molecule has 2 aromatic carbocycles. The van der Waals surface area contributed by atoms with Gasteiger partial charge < -0.3 is 33.7 Å². The van der Waals surface area contributed by atoms with Gasteiger partial charge in [0.1, 0.15) is 28.4 Å². The second-order valence-corrected chi connectivity index (χ2v) is 12.4. The maximum atomic E-state index is 15.5. The highest BCUT2D eigenvalue weighted by Gasteiger charge is 2.35. The SMILES string of the molecule is COc1cc(OC)c(F)c(C(=O)c2oc3cnc(Nc4ccc(N5CCN(C)CC5)cc4[N+](=O)[O-])cc3c2N(C)C(=O)OC(C)(C)C)c1F. The van der Waals surface area contributed by atoms with Crippen molar-refractivity contribution in [2.24, 2.45) is 0 Å². The molecule has 5 rings (SSSR count). The number of benzene rings is 2. The van der Waals surface area contributed by atoms with Crippen molar-refractivity contribution >= 4 is 51.4 Å². The summed E-state index contributed by atoms with van der Waals surface area (Å²) < 4.78 is 52.2. The number of methoxy groups -OCH3 is 2. The van der Waals surface area contributed by atoms with Gasteiger partial charge in [0.05, 0.1) is 30.7 Å². The molecule has 1 saturated heterocycles. The van der Waals surface area contributed by atoms with E-state index in [1.54, 1.807) is 32.9 Å². The highest BCUT2D eigenvalue weighted by molar-refractivity contribution is 6.17. The second-order valence-electron chi connectivity index (χ2n) is 12.4. The van der Waals surface area contributed by atoms with Gasteiger partial charge in [-0.1, -0.05) is 0 Å². The zero-order chi connectivity index (χ0) is 35.8. The number of nitro benzene ring substituents is 1. The van der Waals surface area contributed by atoms with E-state index in [4.69, 9.17) is 18.6 Å². The first-order chi connectivity index (χ1) is 23.1. The Morgan fingerprint density at radius 3 is 2.24 bits per heavy atom. The number of likely N-dealkylation sites (N-methyl/N-ethyl adjacent to an activating group) is 1. The molecule has 1 aliphatic rings. The Kier molecular flexibility index (Phi) is 9.62. The van der Waals surface area contributed by atoms with Crippen molar-refractivity contribution in [2.75, 3.05) is 69.6 Å². The van der Waals surface area contributed by atoms with Gasteiger partial charge in [-0.15, -0.1) is 0 Å². The number of hydrogen-bond donors (Lipinski definition) is 1. The average Bonchev–Trinajstić information content (AvgIpc) is 3.43. The molecule has 16 heteroatoms. The van der Waals surface area contributed by atoms with Gasteiger partial charge >= 0.3 is 6.09 Å². The molecule has 0 bridgehead atoms. The number of nitrogens with zero attached hydrogens (tertiary/aromatic N) is 5. The van der Waals surface area contributed by atoms with E-state index in [0.717, 1.165) is 38.3 Å². The Balaban J connectivity index is 1.61. The molecule has 0 aliphatic carbocycles. The van der Waals surface area contributed by atoms with E-state index in [1.165, 1.54) is 25.4 Å². The molecule has 0 saturated carbocycles. The summed E-state index contributed by atoms with van der Waals surface area (Å²) in [5.41, 5.74) is -1.60. The average molecular weight is 683 g/mol. The van der Waals surface area contributed by atoms with Crippen molar-refractivity contribution in [1.82, 2.24) is 9.88 Å². The maximum absolute atomic E-state index is 15.5. The van der Waals surface area contributed by atoms with Crippen molar-refractivity contribution in [3.63, 3.8) is 0 Å². The molecule has 4 aromatic rings. The fourth-order valence-electron chi connectivity index (χ4n) is 5.34. The summed E-state index contributed by atoms with van der Waals surface area (Å²) >= 11 is 0. The molecule has 0 atom stereocenters. The van der Waals surface area contributed by atoms with E-state index >= 15 is 8.78 Å². The summed E-state index contributed by atoms with van der Waals surface area (Å²) in [6, 6.07) is 7.15. The van der Waals surface area contributed by atoms with Gasteiger partial charge in [-0.25, -0.2) is 18.6 Å². The molecule has 3 heterocycles. The third-order valence-electron chi connectivity index (χ3n) is 7.87. The largest absolute Gasteiger partial charge is 0.494 e. The van der Waals surface area contributed by atoms with Gasteiger partial charge in [0.15, 0.2) is 34.5 Å². The van der Waals surface area contributed by atoms with Gasteiger partial charge in [0, 0.05) is 51.0 Å². The number of piperazine rings is 1. The molecule has 0 spiro atoms. The molecular formula is C33H36F2N6O8. The van der Waals surface area contributed by atoms with Crippen LogP contribution in [0.15, 0.2) is 40.9 Å². The summed E-state index contributed by atoms with van der Waals surface area (Å²) in [6.45, 7) is 7.97. The number of pyridine rings is 1. The van der Waals surface area contributed by atoms with Crippen LogP contribution < -0.4 is 24.6 Å². The highest BCUT2D eigenvalue weighted by atomic mass is 19.1. The molecule has 260 valence electrons. The molecule has 1 fully saturated rings. The van der Waals surface area contributed by atoms with E-state index < -0.39 is 56.9 Å². The minimum atomic E-state index is -1.31. The van der Waals surface area contributed by atoms with E-state index in [0.29, 0.717) is 18.8 Å². The predicted molar refractivity (Wildman–Crippen MR) is 178 cm³/mol. The van der Waals surface area contributed by atoms with Crippen molar-refractivity contribution in [1.29, 1.82) is 0 Å². The van der Waals surface area contributed by atoms with Crippen LogP contribution in [0.3, 0.4) is 0 Å². The Bertz CT molecular complexity index is 1910. The standard InChI is InChI=1S/C33H36F2N6O8/c1-33(2,3)49-32(43)39(5)29-19-15-25(37-20-9-8-18(14-21(20)41(44)45)40-12-10-38(4)11-13-40)36-17-24(19)48-31(29)30(42)26-27(34)22(46-6)16-23(47-7)28(26)35/h8-9,14-17H,10-13H2,1-7H3,(H,36,37). The molecule has 1 aliphatic heterocycles. The number of halogens is 2.